The number of fused-ring (bicyclic) bond motifs is 1. The minimum absolute atomic E-state index is 0.0298. The molecule has 2 aliphatic rings. The molecule has 0 N–H and O–H groups in total. The summed E-state index contributed by atoms with van der Waals surface area (Å²) in [5, 5.41) is 9.13. The first-order valence-electron chi connectivity index (χ1n) is 8.95. The summed E-state index contributed by atoms with van der Waals surface area (Å²) in [7, 11) is 4.09. The maximum Gasteiger partial charge on any atom is 0.0828 e. The molecule has 0 aromatic heterocycles. The largest absolute Gasteiger partial charge is 0.301 e. The number of hydrogen-bond donors (Lipinski definition) is 0. The van der Waals surface area contributed by atoms with Gasteiger partial charge in [0.05, 0.1) is 31.8 Å². The average Bonchev–Trinajstić information content (AvgIpc) is 2.97. The van der Waals surface area contributed by atoms with Crippen LogP contribution in [0.5, 0.6) is 0 Å². The molecule has 146 valence electrons. The van der Waals surface area contributed by atoms with Crippen LogP contribution in [0.1, 0.15) is 17.2 Å². The zero-order chi connectivity index (χ0) is 20.0. The highest BCUT2D eigenvalue weighted by Gasteiger charge is 2.42. The van der Waals surface area contributed by atoms with Gasteiger partial charge in [-0.1, -0.05) is 70.7 Å². The number of benzene rings is 2. The summed E-state index contributed by atoms with van der Waals surface area (Å²) in [6.07, 6.45) is 2.09. The smallest absolute Gasteiger partial charge is 0.0828 e. The number of nitrogens with zero attached hydrogens (tertiary/aromatic N) is 3. The lowest BCUT2D eigenvalue weighted by Gasteiger charge is -2.34. The number of likely N-dealkylation sites (tertiary alicyclic amines) is 1. The minimum atomic E-state index is 0.0298. The molecule has 2 unspecified atom stereocenters. The number of halogens is 4. The van der Waals surface area contributed by atoms with Crippen molar-refractivity contribution in [2.24, 2.45) is 11.0 Å². The van der Waals surface area contributed by atoms with Gasteiger partial charge in [0.2, 0.25) is 0 Å². The molecule has 0 amide bonds. The summed E-state index contributed by atoms with van der Waals surface area (Å²) in [5.74, 6) is 0.184. The predicted octanol–water partition coefficient (Wildman–Crippen LogP) is 6.29. The van der Waals surface area contributed by atoms with Crippen molar-refractivity contribution in [2.45, 2.75) is 6.04 Å². The predicted molar refractivity (Wildman–Crippen MR) is 120 cm³/mol. The van der Waals surface area contributed by atoms with Crippen LogP contribution in [-0.4, -0.2) is 42.8 Å². The SMILES string of the molecule is CN1C/C(=C/c2cccc(Cl)c2Cl)C2=NN(C)C(c3cccc(Cl)c3Cl)C2C1. The van der Waals surface area contributed by atoms with Gasteiger partial charge in [-0.05, 0) is 42.0 Å². The molecule has 0 spiro atoms. The van der Waals surface area contributed by atoms with Crippen molar-refractivity contribution in [1.29, 1.82) is 0 Å². The minimum Gasteiger partial charge on any atom is -0.301 e. The fourth-order valence-electron chi connectivity index (χ4n) is 4.08. The van der Waals surface area contributed by atoms with Crippen molar-refractivity contribution in [3.8, 4) is 0 Å². The first-order valence-corrected chi connectivity index (χ1v) is 10.5. The van der Waals surface area contributed by atoms with Crippen LogP contribution in [0.3, 0.4) is 0 Å². The fraction of sp³-hybridized carbons (Fsp3) is 0.286. The van der Waals surface area contributed by atoms with Crippen molar-refractivity contribution in [2.75, 3.05) is 27.2 Å². The molecule has 7 heteroatoms. The first-order chi connectivity index (χ1) is 13.4. The van der Waals surface area contributed by atoms with Gasteiger partial charge in [0, 0.05) is 26.1 Å². The molecule has 28 heavy (non-hydrogen) atoms. The maximum absolute atomic E-state index is 6.54. The highest BCUT2D eigenvalue weighted by atomic mass is 35.5. The summed E-state index contributed by atoms with van der Waals surface area (Å²) >= 11 is 25.4. The maximum atomic E-state index is 6.54. The van der Waals surface area contributed by atoms with E-state index in [1.807, 2.05) is 42.4 Å². The van der Waals surface area contributed by atoms with Crippen LogP contribution in [0.2, 0.25) is 20.1 Å². The lowest BCUT2D eigenvalue weighted by molar-refractivity contribution is 0.211. The molecule has 0 radical (unpaired) electrons. The molecule has 4 rings (SSSR count). The van der Waals surface area contributed by atoms with Gasteiger partial charge >= 0.3 is 0 Å². The highest BCUT2D eigenvalue weighted by Crippen LogP contribution is 2.43. The van der Waals surface area contributed by atoms with Crippen LogP contribution < -0.4 is 0 Å². The van der Waals surface area contributed by atoms with Gasteiger partial charge in [0.15, 0.2) is 0 Å². The summed E-state index contributed by atoms with van der Waals surface area (Å²) in [4.78, 5) is 2.29. The zero-order valence-corrected chi connectivity index (χ0v) is 18.5. The third-order valence-electron chi connectivity index (χ3n) is 5.29. The quantitative estimate of drug-likeness (QED) is 0.531. The van der Waals surface area contributed by atoms with E-state index in [9.17, 15) is 0 Å². The van der Waals surface area contributed by atoms with E-state index in [0.29, 0.717) is 20.1 Å². The second-order valence-electron chi connectivity index (χ2n) is 7.26. The van der Waals surface area contributed by atoms with Crippen LogP contribution in [0.4, 0.5) is 0 Å². The molecule has 1 saturated heterocycles. The Labute approximate surface area is 185 Å². The van der Waals surface area contributed by atoms with Crippen LogP contribution >= 0.6 is 46.4 Å². The summed E-state index contributed by atoms with van der Waals surface area (Å²) in [6, 6.07) is 11.5. The van der Waals surface area contributed by atoms with Crippen LogP contribution in [-0.2, 0) is 0 Å². The molecule has 3 nitrogen and oxygen atoms in total. The van der Waals surface area contributed by atoms with Gasteiger partial charge in [0.25, 0.3) is 0 Å². The Hall–Kier alpha value is -1.23. The molecule has 2 atom stereocenters. The fourth-order valence-corrected chi connectivity index (χ4v) is 4.87. The Morgan fingerprint density at radius 1 is 0.964 bits per heavy atom. The van der Waals surface area contributed by atoms with Crippen LogP contribution in [0.15, 0.2) is 47.1 Å². The molecule has 2 heterocycles. The normalized spacial score (nSPS) is 23.9. The lowest BCUT2D eigenvalue weighted by Crippen LogP contribution is -2.41. The summed E-state index contributed by atoms with van der Waals surface area (Å²) in [6.45, 7) is 1.68. The van der Waals surface area contributed by atoms with Gasteiger partial charge in [-0.3, -0.25) is 5.01 Å². The van der Waals surface area contributed by atoms with Crippen molar-refractivity contribution < 1.29 is 0 Å². The van der Waals surface area contributed by atoms with Gasteiger partial charge < -0.3 is 4.90 Å². The van der Waals surface area contributed by atoms with Crippen LogP contribution in [0.25, 0.3) is 6.08 Å². The number of hydrazone groups is 1. The lowest BCUT2D eigenvalue weighted by atomic mass is 9.83. The van der Waals surface area contributed by atoms with E-state index in [-0.39, 0.29) is 12.0 Å². The molecular weight excluding hydrogens is 436 g/mol. The first kappa shape index (κ1) is 20.1. The Kier molecular flexibility index (Phi) is 5.65. The van der Waals surface area contributed by atoms with Crippen molar-refractivity contribution in [1.82, 2.24) is 9.91 Å². The monoisotopic (exact) mass is 453 g/mol. The van der Waals surface area contributed by atoms with E-state index in [0.717, 1.165) is 35.5 Å². The van der Waals surface area contributed by atoms with E-state index in [2.05, 4.69) is 18.0 Å². The van der Waals surface area contributed by atoms with Crippen molar-refractivity contribution in [3.63, 3.8) is 0 Å². The molecular formula is C21H19Cl4N3. The van der Waals surface area contributed by atoms with Crippen molar-refractivity contribution in [3.05, 3.63) is 73.2 Å². The summed E-state index contributed by atoms with van der Waals surface area (Å²) < 4.78 is 0. The molecule has 0 saturated carbocycles. The van der Waals surface area contributed by atoms with E-state index >= 15 is 0 Å². The van der Waals surface area contributed by atoms with Gasteiger partial charge in [-0.25, -0.2) is 0 Å². The second-order valence-corrected chi connectivity index (χ2v) is 8.83. The molecule has 2 aliphatic heterocycles. The number of piperidine rings is 1. The molecule has 2 aromatic carbocycles. The Morgan fingerprint density at radius 2 is 1.64 bits per heavy atom. The number of likely N-dealkylation sites (N-methyl/N-ethyl adjacent to an activating group) is 1. The topological polar surface area (TPSA) is 18.8 Å². The molecule has 2 aromatic rings. The van der Waals surface area contributed by atoms with Crippen LogP contribution in [0, 0.1) is 5.92 Å². The Balaban J connectivity index is 1.76. The molecule has 0 aliphatic carbocycles. The average molecular weight is 455 g/mol. The van der Waals surface area contributed by atoms with E-state index in [1.54, 1.807) is 6.07 Å². The standard InChI is InChI=1S/C21H19Cl4N3/c1-27-10-13(9-12-5-3-7-16(22)18(12)24)20-15(11-27)21(28(2)26-20)14-6-4-8-17(23)19(14)25/h3-9,15,21H,10-11H2,1-2H3/b13-9-. The van der Waals surface area contributed by atoms with Crippen molar-refractivity contribution >= 4 is 58.2 Å². The summed E-state index contributed by atoms with van der Waals surface area (Å²) in [5.41, 5.74) is 4.09. The Morgan fingerprint density at radius 3 is 2.39 bits per heavy atom. The second kappa shape index (κ2) is 7.89. The van der Waals surface area contributed by atoms with Gasteiger partial charge in [-0.2, -0.15) is 5.10 Å². The number of rotatable bonds is 2. The molecule has 0 bridgehead atoms. The van der Waals surface area contributed by atoms with E-state index in [4.69, 9.17) is 51.5 Å². The number of hydrogen-bond acceptors (Lipinski definition) is 3. The third-order valence-corrected chi connectivity index (χ3v) is 6.96. The highest BCUT2D eigenvalue weighted by molar-refractivity contribution is 6.43. The van der Waals surface area contributed by atoms with E-state index < -0.39 is 0 Å². The molecule has 1 fully saturated rings. The van der Waals surface area contributed by atoms with Gasteiger partial charge in [-0.15, -0.1) is 0 Å². The Bertz CT molecular complexity index is 986. The third kappa shape index (κ3) is 3.55. The van der Waals surface area contributed by atoms with E-state index in [1.165, 1.54) is 0 Å². The zero-order valence-electron chi connectivity index (χ0n) is 15.5. The van der Waals surface area contributed by atoms with Gasteiger partial charge in [0.1, 0.15) is 0 Å².